The van der Waals surface area contributed by atoms with Crippen LogP contribution >= 0.6 is 43.2 Å². The van der Waals surface area contributed by atoms with Crippen molar-refractivity contribution in [3.8, 4) is 0 Å². The van der Waals surface area contributed by atoms with Gasteiger partial charge in [0.15, 0.2) is 0 Å². The Morgan fingerprint density at radius 3 is 2.87 bits per heavy atom. The molecule has 0 aliphatic heterocycles. The maximum atomic E-state index is 11.6. The molecule has 0 fully saturated rings. The van der Waals surface area contributed by atoms with Crippen molar-refractivity contribution in [3.63, 3.8) is 0 Å². The zero-order valence-electron chi connectivity index (χ0n) is 7.48. The molecule has 0 bridgehead atoms. The van der Waals surface area contributed by atoms with Crippen LogP contribution in [0.3, 0.4) is 0 Å². The Kier molecular flexibility index (Phi) is 3.38. The van der Waals surface area contributed by atoms with Gasteiger partial charge in [0.2, 0.25) is 0 Å². The second kappa shape index (κ2) is 4.59. The SMILES string of the molecule is O=c1c(Br)cncn1Cc1ccc(Br)s1. The van der Waals surface area contributed by atoms with E-state index >= 15 is 0 Å². The minimum absolute atomic E-state index is 0.0606. The lowest BCUT2D eigenvalue weighted by Crippen LogP contribution is -2.20. The maximum absolute atomic E-state index is 11.6. The van der Waals surface area contributed by atoms with Crippen LogP contribution in [-0.2, 0) is 6.54 Å². The fourth-order valence-electron chi connectivity index (χ4n) is 1.14. The lowest BCUT2D eigenvalue weighted by Gasteiger charge is -2.02. The molecule has 0 aliphatic rings. The van der Waals surface area contributed by atoms with E-state index in [4.69, 9.17) is 0 Å². The van der Waals surface area contributed by atoms with E-state index in [1.807, 2.05) is 12.1 Å². The molecule has 0 unspecified atom stereocenters. The van der Waals surface area contributed by atoms with E-state index in [9.17, 15) is 4.79 Å². The van der Waals surface area contributed by atoms with Gasteiger partial charge in [0, 0.05) is 11.1 Å². The molecule has 15 heavy (non-hydrogen) atoms. The lowest BCUT2D eigenvalue weighted by molar-refractivity contribution is 0.740. The predicted molar refractivity (Wildman–Crippen MR) is 67.3 cm³/mol. The van der Waals surface area contributed by atoms with Crippen LogP contribution in [0.25, 0.3) is 0 Å². The number of halogens is 2. The number of thiophene rings is 1. The van der Waals surface area contributed by atoms with Gasteiger partial charge in [0.25, 0.3) is 5.56 Å². The van der Waals surface area contributed by atoms with Gasteiger partial charge in [0.1, 0.15) is 4.47 Å². The Hall–Kier alpha value is -0.460. The van der Waals surface area contributed by atoms with Gasteiger partial charge in [-0.25, -0.2) is 4.98 Å². The van der Waals surface area contributed by atoms with Crippen LogP contribution in [0.1, 0.15) is 4.88 Å². The number of hydrogen-bond donors (Lipinski definition) is 0. The lowest BCUT2D eigenvalue weighted by atomic mass is 10.4. The van der Waals surface area contributed by atoms with E-state index in [1.165, 1.54) is 6.20 Å². The number of rotatable bonds is 2. The molecule has 0 aliphatic carbocycles. The molecule has 0 radical (unpaired) electrons. The zero-order valence-corrected chi connectivity index (χ0v) is 11.5. The number of nitrogens with zero attached hydrogens (tertiary/aromatic N) is 2. The molecule has 0 spiro atoms. The summed E-state index contributed by atoms with van der Waals surface area (Å²) in [5, 5.41) is 0. The molecule has 2 aromatic heterocycles. The molecule has 3 nitrogen and oxygen atoms in total. The average Bonchev–Trinajstić information content (AvgIpc) is 2.59. The van der Waals surface area contributed by atoms with Gasteiger partial charge in [-0.05, 0) is 44.0 Å². The van der Waals surface area contributed by atoms with Gasteiger partial charge >= 0.3 is 0 Å². The van der Waals surface area contributed by atoms with Gasteiger partial charge in [-0.3, -0.25) is 9.36 Å². The summed E-state index contributed by atoms with van der Waals surface area (Å²) in [5.74, 6) is 0. The summed E-state index contributed by atoms with van der Waals surface area (Å²) in [4.78, 5) is 16.7. The molecule has 2 heterocycles. The van der Waals surface area contributed by atoms with Gasteiger partial charge in [-0.1, -0.05) is 0 Å². The fourth-order valence-corrected chi connectivity index (χ4v) is 2.97. The van der Waals surface area contributed by atoms with Crippen molar-refractivity contribution in [1.82, 2.24) is 9.55 Å². The highest BCUT2D eigenvalue weighted by Crippen LogP contribution is 2.22. The fraction of sp³-hybridized carbons (Fsp3) is 0.111. The van der Waals surface area contributed by atoms with Gasteiger partial charge < -0.3 is 0 Å². The topological polar surface area (TPSA) is 34.9 Å². The maximum Gasteiger partial charge on any atom is 0.267 e. The first kappa shape index (κ1) is 11.0. The summed E-state index contributed by atoms with van der Waals surface area (Å²) >= 11 is 8.16. The van der Waals surface area contributed by atoms with Crippen molar-refractivity contribution >= 4 is 43.2 Å². The largest absolute Gasteiger partial charge is 0.293 e. The van der Waals surface area contributed by atoms with Crippen LogP contribution in [0.4, 0.5) is 0 Å². The highest BCUT2D eigenvalue weighted by atomic mass is 79.9. The quantitative estimate of drug-likeness (QED) is 0.835. The van der Waals surface area contributed by atoms with Crippen molar-refractivity contribution in [2.45, 2.75) is 6.54 Å². The van der Waals surface area contributed by atoms with Crippen LogP contribution in [0.2, 0.25) is 0 Å². The zero-order chi connectivity index (χ0) is 10.8. The molecule has 0 saturated heterocycles. The molecule has 2 rings (SSSR count). The van der Waals surface area contributed by atoms with E-state index in [0.717, 1.165) is 8.66 Å². The van der Waals surface area contributed by atoms with Crippen molar-refractivity contribution in [2.24, 2.45) is 0 Å². The summed E-state index contributed by atoms with van der Waals surface area (Å²) < 4.78 is 3.12. The summed E-state index contributed by atoms with van der Waals surface area (Å²) in [6.45, 7) is 0.557. The van der Waals surface area contributed by atoms with Crippen LogP contribution in [0.15, 0.2) is 37.7 Å². The summed E-state index contributed by atoms with van der Waals surface area (Å²) in [6.07, 6.45) is 3.05. The third kappa shape index (κ3) is 2.56. The van der Waals surface area contributed by atoms with E-state index in [-0.39, 0.29) is 5.56 Å². The minimum atomic E-state index is -0.0606. The predicted octanol–water partition coefficient (Wildman–Crippen LogP) is 2.88. The van der Waals surface area contributed by atoms with Crippen LogP contribution in [0, 0.1) is 0 Å². The van der Waals surface area contributed by atoms with Crippen molar-refractivity contribution in [3.05, 3.63) is 48.1 Å². The Morgan fingerprint density at radius 2 is 2.20 bits per heavy atom. The molecule has 0 atom stereocenters. The van der Waals surface area contributed by atoms with Crippen LogP contribution in [-0.4, -0.2) is 9.55 Å². The van der Waals surface area contributed by atoms with E-state index in [0.29, 0.717) is 11.0 Å². The molecule has 0 aromatic carbocycles. The summed E-state index contributed by atoms with van der Waals surface area (Å²) in [6, 6.07) is 3.96. The average molecular weight is 350 g/mol. The molecule has 6 heteroatoms. The van der Waals surface area contributed by atoms with Crippen molar-refractivity contribution in [2.75, 3.05) is 0 Å². The third-order valence-electron chi connectivity index (χ3n) is 1.81. The molecule has 78 valence electrons. The minimum Gasteiger partial charge on any atom is -0.293 e. The number of hydrogen-bond acceptors (Lipinski definition) is 3. The van der Waals surface area contributed by atoms with Crippen LogP contribution < -0.4 is 5.56 Å². The Bertz CT molecular complexity index is 535. The highest BCUT2D eigenvalue weighted by molar-refractivity contribution is 9.11. The molecular weight excluding hydrogens is 344 g/mol. The van der Waals surface area contributed by atoms with Gasteiger partial charge in [-0.15, -0.1) is 11.3 Å². The first-order chi connectivity index (χ1) is 7.16. The molecule has 0 amide bonds. The molecule has 0 N–H and O–H groups in total. The van der Waals surface area contributed by atoms with Crippen LogP contribution in [0.5, 0.6) is 0 Å². The smallest absolute Gasteiger partial charge is 0.267 e. The second-order valence-corrected chi connectivity index (χ2v) is 6.28. The van der Waals surface area contributed by atoms with Crippen molar-refractivity contribution in [1.29, 1.82) is 0 Å². The first-order valence-electron chi connectivity index (χ1n) is 4.11. The monoisotopic (exact) mass is 348 g/mol. The van der Waals surface area contributed by atoms with E-state index in [2.05, 4.69) is 36.8 Å². The number of aromatic nitrogens is 2. The van der Waals surface area contributed by atoms with Gasteiger partial charge in [-0.2, -0.15) is 0 Å². The summed E-state index contributed by atoms with van der Waals surface area (Å²) in [7, 11) is 0. The molecular formula is C9H6Br2N2OS. The Labute approximate surface area is 107 Å². The third-order valence-corrected chi connectivity index (χ3v) is 3.97. The van der Waals surface area contributed by atoms with E-state index < -0.39 is 0 Å². The first-order valence-corrected chi connectivity index (χ1v) is 6.51. The van der Waals surface area contributed by atoms with E-state index in [1.54, 1.807) is 22.2 Å². The molecule has 2 aromatic rings. The molecule has 0 saturated carbocycles. The normalized spacial score (nSPS) is 10.5. The van der Waals surface area contributed by atoms with Crippen molar-refractivity contribution < 1.29 is 0 Å². The summed E-state index contributed by atoms with van der Waals surface area (Å²) in [5.41, 5.74) is -0.0606. The Morgan fingerprint density at radius 1 is 1.40 bits per heavy atom. The highest BCUT2D eigenvalue weighted by Gasteiger charge is 2.03. The van der Waals surface area contributed by atoms with Gasteiger partial charge in [0.05, 0.1) is 16.7 Å². The second-order valence-electron chi connectivity index (χ2n) is 2.88. The Balaban J connectivity index is 2.32. The standard InChI is InChI=1S/C9H6Br2N2OS/c10-7-3-12-5-13(9(7)14)4-6-1-2-8(11)15-6/h1-3,5H,4H2.